The van der Waals surface area contributed by atoms with Gasteiger partial charge < -0.3 is 9.30 Å². The topological polar surface area (TPSA) is 54.0 Å². The third-order valence-corrected chi connectivity index (χ3v) is 6.23. The number of aromatic nitrogens is 4. The van der Waals surface area contributed by atoms with Gasteiger partial charge in [-0.3, -0.25) is 9.36 Å². The van der Waals surface area contributed by atoms with Crippen LogP contribution in [0.5, 0.6) is 0 Å². The van der Waals surface area contributed by atoms with Crippen LogP contribution in [0.2, 0.25) is 5.02 Å². The van der Waals surface area contributed by atoms with E-state index < -0.39 is 0 Å². The molecule has 3 heterocycles. The zero-order valence-corrected chi connectivity index (χ0v) is 19.1. The van der Waals surface area contributed by atoms with E-state index >= 15 is 0 Å². The van der Waals surface area contributed by atoms with Crippen molar-refractivity contribution < 1.29 is 4.74 Å². The highest BCUT2D eigenvalue weighted by Crippen LogP contribution is 2.33. The standard InChI is InChI=1S/C25H23ClN4O2/c1-15-13-30(14-32-4)27-23(15)17-7-10-22-20(11-17)21-12-19(16-5-8-18(26)9-6-16)25(31)29(3)24(21)28(22)2/h5-13H,14H2,1-4H3. The zero-order valence-electron chi connectivity index (χ0n) is 18.4. The van der Waals surface area contributed by atoms with Crippen molar-refractivity contribution >= 4 is 33.5 Å². The molecule has 5 aromatic rings. The highest BCUT2D eigenvalue weighted by Gasteiger charge is 2.17. The number of methoxy groups -OCH3 is 1. The fourth-order valence-corrected chi connectivity index (χ4v) is 4.60. The van der Waals surface area contributed by atoms with Crippen molar-refractivity contribution in [2.45, 2.75) is 13.7 Å². The quantitative estimate of drug-likeness (QED) is 0.384. The summed E-state index contributed by atoms with van der Waals surface area (Å²) in [4.78, 5) is 13.2. The molecule has 0 saturated heterocycles. The Morgan fingerprint density at radius 1 is 0.969 bits per heavy atom. The number of benzene rings is 2. The fraction of sp³-hybridized carbons (Fsp3) is 0.200. The third-order valence-electron chi connectivity index (χ3n) is 5.98. The van der Waals surface area contributed by atoms with E-state index in [1.807, 2.05) is 45.4 Å². The van der Waals surface area contributed by atoms with Crippen molar-refractivity contribution in [3.63, 3.8) is 0 Å². The maximum absolute atomic E-state index is 13.2. The van der Waals surface area contributed by atoms with Crippen molar-refractivity contribution in [2.75, 3.05) is 7.11 Å². The maximum atomic E-state index is 13.2. The summed E-state index contributed by atoms with van der Waals surface area (Å²) < 4.78 is 10.8. The normalized spacial score (nSPS) is 11.7. The Bertz CT molecular complexity index is 1540. The van der Waals surface area contributed by atoms with E-state index in [1.165, 1.54) is 0 Å². The highest BCUT2D eigenvalue weighted by atomic mass is 35.5. The molecule has 0 fully saturated rings. The monoisotopic (exact) mass is 446 g/mol. The van der Waals surface area contributed by atoms with Crippen LogP contribution in [0.25, 0.3) is 44.3 Å². The van der Waals surface area contributed by atoms with Crippen molar-refractivity contribution in [1.29, 1.82) is 0 Å². The smallest absolute Gasteiger partial charge is 0.259 e. The second kappa shape index (κ2) is 7.65. The molecule has 0 atom stereocenters. The summed E-state index contributed by atoms with van der Waals surface area (Å²) in [6.07, 6.45) is 1.98. The molecule has 162 valence electrons. The van der Waals surface area contributed by atoms with Crippen LogP contribution in [0.1, 0.15) is 5.56 Å². The summed E-state index contributed by atoms with van der Waals surface area (Å²) in [5.74, 6) is 0. The number of halogens is 1. The predicted octanol–water partition coefficient (Wildman–Crippen LogP) is 5.13. The van der Waals surface area contributed by atoms with E-state index in [0.717, 1.165) is 44.3 Å². The predicted molar refractivity (Wildman–Crippen MR) is 129 cm³/mol. The number of rotatable bonds is 4. The van der Waals surface area contributed by atoms with Gasteiger partial charge >= 0.3 is 0 Å². The first-order valence-electron chi connectivity index (χ1n) is 10.3. The molecule has 0 aliphatic heterocycles. The number of hydrogen-bond donors (Lipinski definition) is 0. The van der Waals surface area contributed by atoms with Gasteiger partial charge in [-0.2, -0.15) is 5.10 Å². The van der Waals surface area contributed by atoms with E-state index in [9.17, 15) is 4.79 Å². The van der Waals surface area contributed by atoms with Gasteiger partial charge in [0.2, 0.25) is 0 Å². The summed E-state index contributed by atoms with van der Waals surface area (Å²) in [5.41, 5.74) is 6.41. The van der Waals surface area contributed by atoms with Crippen LogP contribution in [0.3, 0.4) is 0 Å². The molecular formula is C25H23ClN4O2. The Kier molecular flexibility index (Phi) is 4.92. The maximum Gasteiger partial charge on any atom is 0.259 e. The lowest BCUT2D eigenvalue weighted by Crippen LogP contribution is -2.20. The van der Waals surface area contributed by atoms with E-state index in [1.54, 1.807) is 28.5 Å². The Morgan fingerprint density at radius 3 is 2.41 bits per heavy atom. The minimum Gasteiger partial charge on any atom is -0.362 e. The Hall–Kier alpha value is -3.35. The molecule has 0 aliphatic carbocycles. The van der Waals surface area contributed by atoms with Gasteiger partial charge in [0.1, 0.15) is 12.4 Å². The molecule has 0 N–H and O–H groups in total. The molecular weight excluding hydrogens is 424 g/mol. The average Bonchev–Trinajstić information content (AvgIpc) is 3.28. The SMILES string of the molecule is COCn1cc(C)c(-c2ccc3c(c2)c2cc(-c4ccc(Cl)cc4)c(=O)n(C)c2n3C)n1. The minimum absolute atomic E-state index is 0.0416. The summed E-state index contributed by atoms with van der Waals surface area (Å²) in [6.45, 7) is 2.45. The largest absolute Gasteiger partial charge is 0.362 e. The van der Waals surface area contributed by atoms with E-state index in [4.69, 9.17) is 16.3 Å². The molecule has 6 nitrogen and oxygen atoms in total. The van der Waals surface area contributed by atoms with Gasteiger partial charge in [0, 0.05) is 54.3 Å². The summed E-state index contributed by atoms with van der Waals surface area (Å²) in [6, 6.07) is 15.7. The molecule has 32 heavy (non-hydrogen) atoms. The number of fused-ring (bicyclic) bond motifs is 3. The highest BCUT2D eigenvalue weighted by molar-refractivity contribution is 6.30. The van der Waals surface area contributed by atoms with Crippen LogP contribution in [0, 0.1) is 6.92 Å². The van der Waals surface area contributed by atoms with Crippen LogP contribution < -0.4 is 5.56 Å². The molecule has 0 saturated carbocycles. The average molecular weight is 447 g/mol. The van der Waals surface area contributed by atoms with E-state index in [-0.39, 0.29) is 5.56 Å². The Labute approximate surface area is 190 Å². The lowest BCUT2D eigenvalue weighted by molar-refractivity contribution is 0.121. The van der Waals surface area contributed by atoms with Gasteiger partial charge in [-0.1, -0.05) is 29.8 Å². The van der Waals surface area contributed by atoms with Crippen molar-refractivity contribution in [3.8, 4) is 22.4 Å². The molecule has 0 radical (unpaired) electrons. The van der Waals surface area contributed by atoms with Crippen molar-refractivity contribution in [3.05, 3.63) is 75.7 Å². The van der Waals surface area contributed by atoms with Gasteiger partial charge in [-0.15, -0.1) is 0 Å². The first-order valence-corrected chi connectivity index (χ1v) is 10.7. The number of hydrogen-bond acceptors (Lipinski definition) is 3. The zero-order chi connectivity index (χ0) is 22.6. The summed E-state index contributed by atoms with van der Waals surface area (Å²) >= 11 is 6.05. The van der Waals surface area contributed by atoms with Crippen LogP contribution in [0.4, 0.5) is 0 Å². The van der Waals surface area contributed by atoms with Crippen LogP contribution in [0.15, 0.2) is 59.5 Å². The third kappa shape index (κ3) is 3.15. The summed E-state index contributed by atoms with van der Waals surface area (Å²) in [7, 11) is 5.46. The fourth-order valence-electron chi connectivity index (χ4n) is 4.48. The van der Waals surface area contributed by atoms with Crippen LogP contribution in [-0.4, -0.2) is 26.0 Å². The molecule has 2 aromatic carbocycles. The number of ether oxygens (including phenoxy) is 1. The molecule has 0 amide bonds. The van der Waals surface area contributed by atoms with Crippen molar-refractivity contribution in [1.82, 2.24) is 18.9 Å². The molecule has 0 unspecified atom stereocenters. The molecule has 7 heteroatoms. The van der Waals surface area contributed by atoms with Gasteiger partial charge in [-0.25, -0.2) is 4.68 Å². The lowest BCUT2D eigenvalue weighted by Gasteiger charge is -2.08. The second-order valence-electron chi connectivity index (χ2n) is 8.08. The van der Waals surface area contributed by atoms with Crippen molar-refractivity contribution in [2.24, 2.45) is 14.1 Å². The molecule has 3 aromatic heterocycles. The number of nitrogens with zero attached hydrogens (tertiary/aromatic N) is 4. The van der Waals surface area contributed by atoms with Gasteiger partial charge in [-0.05, 0) is 48.4 Å². The van der Waals surface area contributed by atoms with Gasteiger partial charge in [0.05, 0.1) is 11.2 Å². The van der Waals surface area contributed by atoms with Crippen LogP contribution >= 0.6 is 11.6 Å². The van der Waals surface area contributed by atoms with E-state index in [0.29, 0.717) is 17.3 Å². The van der Waals surface area contributed by atoms with Gasteiger partial charge in [0.15, 0.2) is 0 Å². The molecule has 0 aliphatic rings. The first-order chi connectivity index (χ1) is 15.4. The lowest BCUT2D eigenvalue weighted by atomic mass is 10.0. The number of aryl methyl sites for hydroxylation is 3. The minimum atomic E-state index is -0.0416. The Morgan fingerprint density at radius 2 is 1.69 bits per heavy atom. The second-order valence-corrected chi connectivity index (χ2v) is 8.51. The van der Waals surface area contributed by atoms with Crippen LogP contribution in [-0.2, 0) is 25.6 Å². The molecule has 5 rings (SSSR count). The van der Waals surface area contributed by atoms with Gasteiger partial charge in [0.25, 0.3) is 5.56 Å². The number of pyridine rings is 1. The van der Waals surface area contributed by atoms with E-state index in [2.05, 4.69) is 27.9 Å². The molecule has 0 bridgehead atoms. The Balaban J connectivity index is 1.78. The molecule has 0 spiro atoms. The summed E-state index contributed by atoms with van der Waals surface area (Å²) in [5, 5.41) is 7.42. The first kappa shape index (κ1) is 20.5.